The number of aryl methyl sites for hydroxylation is 1. The third-order valence-electron chi connectivity index (χ3n) is 5.50. The number of hydrogen-bond acceptors (Lipinski definition) is 4. The zero-order valence-electron chi connectivity index (χ0n) is 19.8. The van der Waals surface area contributed by atoms with E-state index < -0.39 is 0 Å². The molecule has 172 valence electrons. The average Bonchev–Trinajstić information content (AvgIpc) is 2.85. The Morgan fingerprint density at radius 2 is 1.39 bits per heavy atom. The molecule has 0 spiro atoms. The van der Waals surface area contributed by atoms with Crippen molar-refractivity contribution in [3.05, 3.63) is 78.6 Å². The quantitative estimate of drug-likeness (QED) is 0.165. The molecule has 0 saturated heterocycles. The predicted octanol–water partition coefficient (Wildman–Crippen LogP) is 7.59. The Balaban J connectivity index is 1.54. The maximum Gasteiger partial charge on any atom is 0.311 e. The van der Waals surface area contributed by atoms with E-state index >= 15 is 0 Å². The summed E-state index contributed by atoms with van der Waals surface area (Å²) in [6, 6.07) is 17.1. The molecule has 0 N–H and O–H groups in total. The van der Waals surface area contributed by atoms with Crippen LogP contribution in [0.5, 0.6) is 5.75 Å². The van der Waals surface area contributed by atoms with Crippen molar-refractivity contribution in [2.75, 3.05) is 0 Å². The number of carbonyl (C=O) groups is 1. The van der Waals surface area contributed by atoms with Gasteiger partial charge in [0.05, 0.1) is 12.4 Å². The monoisotopic (exact) mass is 442 g/mol. The minimum absolute atomic E-state index is 0.270. The minimum Gasteiger partial charge on any atom is -0.423 e. The van der Waals surface area contributed by atoms with Gasteiger partial charge in [-0.1, -0.05) is 93.8 Å². The summed E-state index contributed by atoms with van der Waals surface area (Å²) >= 11 is 0. The highest BCUT2D eigenvalue weighted by atomic mass is 16.5. The standard InChI is InChI=1S/C29H34N2O2/c1-3-5-7-8-10-12-28(32)33-27-21-30-29(31-22-27)26-19-17-25(18-20-26)24-15-13-23(14-16-24)11-9-6-4-2/h7-8,13-22H,3-6,9-12H2,1-2H3/b8-7+. The first kappa shape index (κ1) is 24.4. The molecule has 33 heavy (non-hydrogen) atoms. The second-order valence-electron chi connectivity index (χ2n) is 8.25. The van der Waals surface area contributed by atoms with Crippen molar-refractivity contribution in [1.82, 2.24) is 9.97 Å². The smallest absolute Gasteiger partial charge is 0.311 e. The van der Waals surface area contributed by atoms with Crippen LogP contribution in [0, 0.1) is 0 Å². The molecule has 0 aliphatic rings. The third kappa shape index (κ3) is 7.98. The van der Waals surface area contributed by atoms with Crippen LogP contribution in [0.2, 0.25) is 0 Å². The van der Waals surface area contributed by atoms with E-state index in [2.05, 4.69) is 66.3 Å². The van der Waals surface area contributed by atoms with Gasteiger partial charge in [-0.3, -0.25) is 4.79 Å². The Morgan fingerprint density at radius 3 is 2.03 bits per heavy atom. The fourth-order valence-corrected chi connectivity index (χ4v) is 3.56. The summed E-state index contributed by atoms with van der Waals surface area (Å²) in [6.07, 6.45) is 15.3. The zero-order valence-corrected chi connectivity index (χ0v) is 19.8. The van der Waals surface area contributed by atoms with Crippen LogP contribution in [0.25, 0.3) is 22.5 Å². The zero-order chi connectivity index (χ0) is 23.3. The maximum absolute atomic E-state index is 11.9. The van der Waals surface area contributed by atoms with E-state index in [0.717, 1.165) is 30.4 Å². The molecular formula is C29H34N2O2. The molecule has 0 atom stereocenters. The maximum atomic E-state index is 11.9. The molecule has 2 aromatic carbocycles. The number of ether oxygens (including phenoxy) is 1. The van der Waals surface area contributed by atoms with Crippen molar-refractivity contribution in [2.24, 2.45) is 0 Å². The molecule has 0 bridgehead atoms. The highest BCUT2D eigenvalue weighted by Gasteiger charge is 2.07. The van der Waals surface area contributed by atoms with Crippen molar-refractivity contribution in [3.63, 3.8) is 0 Å². The van der Waals surface area contributed by atoms with Crippen LogP contribution in [-0.4, -0.2) is 15.9 Å². The van der Waals surface area contributed by atoms with Crippen molar-refractivity contribution in [2.45, 2.75) is 65.2 Å². The second kappa shape index (κ2) is 13.3. The Morgan fingerprint density at radius 1 is 0.788 bits per heavy atom. The van der Waals surface area contributed by atoms with Crippen molar-refractivity contribution in [1.29, 1.82) is 0 Å². The van der Waals surface area contributed by atoms with Crippen molar-refractivity contribution < 1.29 is 9.53 Å². The molecule has 0 aliphatic heterocycles. The van der Waals surface area contributed by atoms with Gasteiger partial charge in [-0.15, -0.1) is 0 Å². The van der Waals surface area contributed by atoms with Gasteiger partial charge in [0.15, 0.2) is 11.6 Å². The summed E-state index contributed by atoms with van der Waals surface area (Å²) < 4.78 is 5.33. The normalized spacial score (nSPS) is 11.1. The summed E-state index contributed by atoms with van der Waals surface area (Å²) in [4.78, 5) is 20.7. The molecule has 0 radical (unpaired) electrons. The fraction of sp³-hybridized carbons (Fsp3) is 0.345. The number of rotatable bonds is 12. The Hall–Kier alpha value is -3.27. The molecule has 4 heteroatoms. The molecule has 0 unspecified atom stereocenters. The van der Waals surface area contributed by atoms with Crippen LogP contribution in [0.3, 0.4) is 0 Å². The van der Waals surface area contributed by atoms with Gasteiger partial charge in [0.1, 0.15) is 0 Å². The number of unbranched alkanes of at least 4 members (excludes halogenated alkanes) is 3. The van der Waals surface area contributed by atoms with E-state index in [1.165, 1.54) is 30.4 Å². The molecule has 0 aliphatic carbocycles. The first-order valence-corrected chi connectivity index (χ1v) is 12.1. The molecule has 0 saturated carbocycles. The van der Waals surface area contributed by atoms with Gasteiger partial charge in [-0.2, -0.15) is 0 Å². The number of nitrogens with zero attached hydrogens (tertiary/aromatic N) is 2. The van der Waals surface area contributed by atoms with E-state index in [9.17, 15) is 4.79 Å². The van der Waals surface area contributed by atoms with Crippen LogP contribution in [-0.2, 0) is 11.2 Å². The molecule has 0 fully saturated rings. The van der Waals surface area contributed by atoms with E-state index in [1.54, 1.807) is 12.4 Å². The lowest BCUT2D eigenvalue weighted by Crippen LogP contribution is -2.07. The number of allylic oxidation sites excluding steroid dienone is 2. The van der Waals surface area contributed by atoms with Crippen molar-refractivity contribution >= 4 is 5.97 Å². The number of aromatic nitrogens is 2. The lowest BCUT2D eigenvalue weighted by molar-refractivity contribution is -0.134. The van der Waals surface area contributed by atoms with Crippen LogP contribution in [0.1, 0.15) is 64.4 Å². The van der Waals surface area contributed by atoms with Gasteiger partial charge >= 0.3 is 5.97 Å². The van der Waals surface area contributed by atoms with E-state index in [-0.39, 0.29) is 5.97 Å². The lowest BCUT2D eigenvalue weighted by Gasteiger charge is -2.07. The minimum atomic E-state index is -0.270. The van der Waals surface area contributed by atoms with E-state index in [1.807, 2.05) is 18.2 Å². The summed E-state index contributed by atoms with van der Waals surface area (Å²) in [5.74, 6) is 0.709. The van der Waals surface area contributed by atoms with Crippen LogP contribution < -0.4 is 4.74 Å². The number of esters is 1. The number of carbonyl (C=O) groups excluding carboxylic acids is 1. The molecule has 3 aromatic rings. The van der Waals surface area contributed by atoms with E-state index in [0.29, 0.717) is 24.4 Å². The van der Waals surface area contributed by atoms with Gasteiger partial charge in [0.2, 0.25) is 0 Å². The predicted molar refractivity (Wildman–Crippen MR) is 135 cm³/mol. The Kier molecular flexibility index (Phi) is 9.84. The molecular weight excluding hydrogens is 408 g/mol. The van der Waals surface area contributed by atoms with Crippen LogP contribution >= 0.6 is 0 Å². The second-order valence-corrected chi connectivity index (χ2v) is 8.25. The van der Waals surface area contributed by atoms with Crippen molar-refractivity contribution in [3.8, 4) is 28.3 Å². The third-order valence-corrected chi connectivity index (χ3v) is 5.50. The Labute approximate surface area is 197 Å². The highest BCUT2D eigenvalue weighted by molar-refractivity contribution is 5.72. The molecule has 1 heterocycles. The SMILES string of the molecule is CCC/C=C/CCC(=O)Oc1cnc(-c2ccc(-c3ccc(CCCCC)cc3)cc2)nc1. The van der Waals surface area contributed by atoms with E-state index in [4.69, 9.17) is 4.74 Å². The number of benzene rings is 2. The molecule has 3 rings (SSSR count). The molecule has 4 nitrogen and oxygen atoms in total. The lowest BCUT2D eigenvalue weighted by atomic mass is 10.0. The van der Waals surface area contributed by atoms with Gasteiger partial charge in [0, 0.05) is 12.0 Å². The fourth-order valence-electron chi connectivity index (χ4n) is 3.56. The van der Waals surface area contributed by atoms with Crippen LogP contribution in [0.15, 0.2) is 73.1 Å². The van der Waals surface area contributed by atoms with Gasteiger partial charge in [-0.05, 0) is 42.4 Å². The van der Waals surface area contributed by atoms with Crippen LogP contribution in [0.4, 0.5) is 0 Å². The van der Waals surface area contributed by atoms with Gasteiger partial charge in [0.25, 0.3) is 0 Å². The average molecular weight is 443 g/mol. The topological polar surface area (TPSA) is 52.1 Å². The largest absolute Gasteiger partial charge is 0.423 e. The first-order valence-electron chi connectivity index (χ1n) is 12.1. The molecule has 0 amide bonds. The number of hydrogen-bond donors (Lipinski definition) is 0. The Bertz CT molecular complexity index is 1010. The highest BCUT2D eigenvalue weighted by Crippen LogP contribution is 2.24. The van der Waals surface area contributed by atoms with Gasteiger partial charge < -0.3 is 4.74 Å². The molecule has 1 aromatic heterocycles. The summed E-state index contributed by atoms with van der Waals surface area (Å²) in [5, 5.41) is 0. The summed E-state index contributed by atoms with van der Waals surface area (Å²) in [7, 11) is 0. The first-order chi connectivity index (χ1) is 16.2. The summed E-state index contributed by atoms with van der Waals surface area (Å²) in [6.45, 7) is 4.36. The summed E-state index contributed by atoms with van der Waals surface area (Å²) in [5.41, 5.74) is 4.69. The van der Waals surface area contributed by atoms with Gasteiger partial charge in [-0.25, -0.2) is 9.97 Å².